The highest BCUT2D eigenvalue weighted by molar-refractivity contribution is 14.0. The number of aromatic nitrogens is 2. The van der Waals surface area contributed by atoms with Crippen LogP contribution in [0.2, 0.25) is 0 Å². The fraction of sp³-hybridized carbons (Fsp3) is 0.364. The molecule has 0 spiro atoms. The van der Waals surface area contributed by atoms with Gasteiger partial charge in [0, 0.05) is 43.8 Å². The van der Waals surface area contributed by atoms with Gasteiger partial charge in [0.25, 0.3) is 0 Å². The number of halogens is 2. The first-order chi connectivity index (χ1) is 14.1. The van der Waals surface area contributed by atoms with Crippen LogP contribution in [0.25, 0.3) is 5.65 Å². The quantitative estimate of drug-likeness (QED) is 0.312. The zero-order valence-corrected chi connectivity index (χ0v) is 19.6. The second-order valence-corrected chi connectivity index (χ2v) is 7.44. The summed E-state index contributed by atoms with van der Waals surface area (Å²) in [7, 11) is 1.78. The molecule has 0 radical (unpaired) electrons. The third-order valence-corrected chi connectivity index (χ3v) is 5.42. The third-order valence-electron chi connectivity index (χ3n) is 5.42. The third kappa shape index (κ3) is 5.21. The van der Waals surface area contributed by atoms with Gasteiger partial charge in [-0.3, -0.25) is 4.99 Å². The molecule has 0 atom stereocenters. The van der Waals surface area contributed by atoms with E-state index in [4.69, 9.17) is 0 Å². The largest absolute Gasteiger partial charge is 0.371 e. The summed E-state index contributed by atoms with van der Waals surface area (Å²) in [5.41, 5.74) is 4.04. The van der Waals surface area contributed by atoms with Crippen LogP contribution in [0.4, 0.5) is 10.1 Å². The van der Waals surface area contributed by atoms with Crippen molar-refractivity contribution < 1.29 is 4.39 Å². The lowest BCUT2D eigenvalue weighted by Crippen LogP contribution is -2.48. The highest BCUT2D eigenvalue weighted by atomic mass is 127. The van der Waals surface area contributed by atoms with Crippen LogP contribution < -0.4 is 15.5 Å². The van der Waals surface area contributed by atoms with E-state index in [2.05, 4.69) is 49.1 Å². The maximum atomic E-state index is 13.5. The van der Waals surface area contributed by atoms with Gasteiger partial charge in [-0.1, -0.05) is 12.1 Å². The van der Waals surface area contributed by atoms with E-state index < -0.39 is 0 Å². The van der Waals surface area contributed by atoms with E-state index in [0.717, 1.165) is 54.6 Å². The van der Waals surface area contributed by atoms with E-state index >= 15 is 0 Å². The zero-order chi connectivity index (χ0) is 20.2. The number of aryl methyl sites for hydroxylation is 1. The Morgan fingerprint density at radius 1 is 1.20 bits per heavy atom. The molecule has 0 aliphatic carbocycles. The van der Waals surface area contributed by atoms with E-state index in [1.165, 1.54) is 6.07 Å². The molecule has 0 saturated carbocycles. The number of imidazole rings is 1. The number of guanidine groups is 1. The van der Waals surface area contributed by atoms with Gasteiger partial charge in [-0.25, -0.2) is 9.37 Å². The maximum absolute atomic E-state index is 13.5. The monoisotopic (exact) mass is 522 g/mol. The van der Waals surface area contributed by atoms with Gasteiger partial charge < -0.3 is 19.9 Å². The van der Waals surface area contributed by atoms with E-state index in [0.29, 0.717) is 12.6 Å². The second-order valence-electron chi connectivity index (χ2n) is 7.44. The molecule has 4 rings (SSSR count). The number of rotatable bonds is 4. The van der Waals surface area contributed by atoms with Gasteiger partial charge in [0.15, 0.2) is 5.96 Å². The Morgan fingerprint density at radius 2 is 1.97 bits per heavy atom. The minimum atomic E-state index is -0.186. The summed E-state index contributed by atoms with van der Waals surface area (Å²) in [5, 5.41) is 6.87. The first-order valence-electron chi connectivity index (χ1n) is 10.0. The van der Waals surface area contributed by atoms with E-state index in [9.17, 15) is 4.39 Å². The molecule has 160 valence electrons. The molecular weight excluding hydrogens is 494 g/mol. The molecule has 2 aromatic heterocycles. The summed E-state index contributed by atoms with van der Waals surface area (Å²) in [6.07, 6.45) is 4.01. The van der Waals surface area contributed by atoms with Crippen molar-refractivity contribution in [1.29, 1.82) is 0 Å². The first-order valence-corrected chi connectivity index (χ1v) is 10.0. The van der Waals surface area contributed by atoms with Crippen molar-refractivity contribution in [1.82, 2.24) is 20.0 Å². The lowest BCUT2D eigenvalue weighted by molar-refractivity contribution is 0.461. The van der Waals surface area contributed by atoms with Crippen molar-refractivity contribution in [3.63, 3.8) is 0 Å². The molecule has 30 heavy (non-hydrogen) atoms. The topological polar surface area (TPSA) is 57.0 Å². The summed E-state index contributed by atoms with van der Waals surface area (Å²) in [4.78, 5) is 11.2. The smallest absolute Gasteiger partial charge is 0.191 e. The van der Waals surface area contributed by atoms with Gasteiger partial charge in [0.2, 0.25) is 0 Å². The Morgan fingerprint density at radius 3 is 2.67 bits per heavy atom. The Balaban J connectivity index is 0.00000256. The fourth-order valence-corrected chi connectivity index (χ4v) is 3.80. The molecule has 3 heterocycles. The van der Waals surface area contributed by atoms with Gasteiger partial charge in [0.05, 0.1) is 12.2 Å². The van der Waals surface area contributed by atoms with E-state index in [-0.39, 0.29) is 29.8 Å². The van der Waals surface area contributed by atoms with E-state index in [1.807, 2.05) is 18.2 Å². The lowest BCUT2D eigenvalue weighted by atomic mass is 10.0. The van der Waals surface area contributed by atoms with Crippen LogP contribution in [-0.4, -0.2) is 41.5 Å². The lowest BCUT2D eigenvalue weighted by Gasteiger charge is -2.34. The number of hydrogen-bond donors (Lipinski definition) is 2. The summed E-state index contributed by atoms with van der Waals surface area (Å²) < 4.78 is 15.6. The fourth-order valence-electron chi connectivity index (χ4n) is 3.80. The Kier molecular flexibility index (Phi) is 7.52. The average Bonchev–Trinajstić information content (AvgIpc) is 3.16. The average molecular weight is 522 g/mol. The SMILES string of the molecule is CN=C(NCc1cn2c(C)cccc2n1)NC1CCN(c2cccc(F)c2)CC1.I. The van der Waals surface area contributed by atoms with Crippen LogP contribution in [0.3, 0.4) is 0 Å². The van der Waals surface area contributed by atoms with Crippen LogP contribution in [0.1, 0.15) is 24.2 Å². The number of nitrogens with one attached hydrogen (secondary N) is 2. The molecule has 2 N–H and O–H groups in total. The molecule has 0 amide bonds. The standard InChI is InChI=1S/C22H27FN6.HI/c1-16-5-3-8-21-26-19(15-29(16)21)14-25-22(24-2)27-18-9-11-28(12-10-18)20-7-4-6-17(23)13-20;/h3-8,13,15,18H,9-12,14H2,1-2H3,(H2,24,25,27);1H. The first kappa shape index (κ1) is 22.3. The molecule has 1 aliphatic rings. The van der Waals surface area contributed by atoms with Crippen LogP contribution in [0.5, 0.6) is 0 Å². The van der Waals surface area contributed by atoms with Gasteiger partial charge in [-0.15, -0.1) is 24.0 Å². The van der Waals surface area contributed by atoms with Gasteiger partial charge in [0.1, 0.15) is 11.5 Å². The molecular formula is C22H28FIN6. The molecule has 6 nitrogen and oxygen atoms in total. The number of benzene rings is 1. The summed E-state index contributed by atoms with van der Waals surface area (Å²) >= 11 is 0. The predicted molar refractivity (Wildman–Crippen MR) is 130 cm³/mol. The van der Waals surface area contributed by atoms with Crippen LogP contribution >= 0.6 is 24.0 Å². The van der Waals surface area contributed by atoms with Crippen molar-refractivity contribution in [3.05, 3.63) is 65.9 Å². The highest BCUT2D eigenvalue weighted by Gasteiger charge is 2.20. The second kappa shape index (κ2) is 10.1. The Labute approximate surface area is 193 Å². The van der Waals surface area contributed by atoms with Crippen molar-refractivity contribution in [2.75, 3.05) is 25.0 Å². The van der Waals surface area contributed by atoms with Gasteiger partial charge >= 0.3 is 0 Å². The summed E-state index contributed by atoms with van der Waals surface area (Å²) in [5.74, 6) is 0.595. The van der Waals surface area contributed by atoms with Crippen LogP contribution in [-0.2, 0) is 6.54 Å². The normalized spacial score (nSPS) is 15.2. The zero-order valence-electron chi connectivity index (χ0n) is 17.3. The number of nitrogens with zero attached hydrogens (tertiary/aromatic N) is 4. The minimum Gasteiger partial charge on any atom is -0.371 e. The van der Waals surface area contributed by atoms with Crippen LogP contribution in [0.15, 0.2) is 53.7 Å². The summed E-state index contributed by atoms with van der Waals surface area (Å²) in [6.45, 7) is 4.47. The molecule has 0 unspecified atom stereocenters. The van der Waals surface area contributed by atoms with Crippen molar-refractivity contribution >= 4 is 41.3 Å². The number of pyridine rings is 1. The number of piperidine rings is 1. The maximum Gasteiger partial charge on any atom is 0.191 e. The van der Waals surface area contributed by atoms with Crippen molar-refractivity contribution in [2.24, 2.45) is 4.99 Å². The molecule has 1 aliphatic heterocycles. The Bertz CT molecular complexity index is 1010. The molecule has 1 aromatic carbocycles. The molecule has 1 fully saturated rings. The number of fused-ring (bicyclic) bond motifs is 1. The summed E-state index contributed by atoms with van der Waals surface area (Å²) in [6, 6.07) is 13.3. The number of anilines is 1. The minimum absolute atomic E-state index is 0. The van der Waals surface area contributed by atoms with Gasteiger partial charge in [-0.05, 0) is 50.1 Å². The van der Waals surface area contributed by atoms with Crippen molar-refractivity contribution in [3.8, 4) is 0 Å². The van der Waals surface area contributed by atoms with E-state index in [1.54, 1.807) is 19.2 Å². The van der Waals surface area contributed by atoms with Crippen molar-refractivity contribution in [2.45, 2.75) is 32.4 Å². The molecule has 3 aromatic rings. The Hall–Kier alpha value is -2.36. The molecule has 0 bridgehead atoms. The molecule has 1 saturated heterocycles. The van der Waals surface area contributed by atoms with Crippen LogP contribution in [0, 0.1) is 12.7 Å². The number of hydrogen-bond acceptors (Lipinski definition) is 3. The molecule has 8 heteroatoms. The highest BCUT2D eigenvalue weighted by Crippen LogP contribution is 2.20. The van der Waals surface area contributed by atoms with Gasteiger partial charge in [-0.2, -0.15) is 0 Å². The predicted octanol–water partition coefficient (Wildman–Crippen LogP) is 3.73. The number of aliphatic imine (C=N–C) groups is 1.